The van der Waals surface area contributed by atoms with Crippen LogP contribution in [-0.4, -0.2) is 24.5 Å². The van der Waals surface area contributed by atoms with Gasteiger partial charge < -0.3 is 9.47 Å². The summed E-state index contributed by atoms with van der Waals surface area (Å²) in [4.78, 5) is 38.7. The Kier molecular flexibility index (Phi) is 7.39. The Morgan fingerprint density at radius 3 is 2.37 bits per heavy atom. The molecule has 1 saturated heterocycles. The summed E-state index contributed by atoms with van der Waals surface area (Å²) in [5, 5.41) is 3.09. The number of urea groups is 1. The summed E-state index contributed by atoms with van der Waals surface area (Å²) in [6.45, 7) is 2.43. The zero-order chi connectivity index (χ0) is 24.9. The molecule has 0 radical (unpaired) electrons. The van der Waals surface area contributed by atoms with Crippen LogP contribution in [0.25, 0.3) is 6.08 Å². The molecule has 3 aromatic rings. The summed E-state index contributed by atoms with van der Waals surface area (Å²) in [5.74, 6) is -0.588. The number of benzene rings is 3. The second-order valence-electron chi connectivity index (χ2n) is 7.47. The number of halogens is 2. The molecular weight excluding hydrogens is 491 g/mol. The molecular formula is C26H20Cl2N2O5. The first-order chi connectivity index (χ1) is 16.9. The number of para-hydroxylation sites is 1. The van der Waals surface area contributed by atoms with Crippen LogP contribution in [0.15, 0.2) is 72.3 Å². The predicted molar refractivity (Wildman–Crippen MR) is 134 cm³/mol. The van der Waals surface area contributed by atoms with Gasteiger partial charge >= 0.3 is 6.03 Å². The van der Waals surface area contributed by atoms with E-state index in [1.807, 2.05) is 6.92 Å². The van der Waals surface area contributed by atoms with Crippen molar-refractivity contribution in [2.45, 2.75) is 13.5 Å². The van der Waals surface area contributed by atoms with Gasteiger partial charge in [-0.3, -0.25) is 14.9 Å². The second-order valence-corrected chi connectivity index (χ2v) is 8.28. The molecule has 0 atom stereocenters. The van der Waals surface area contributed by atoms with Crippen molar-refractivity contribution < 1.29 is 23.9 Å². The molecule has 4 rings (SSSR count). The minimum Gasteiger partial charge on any atom is -0.490 e. The van der Waals surface area contributed by atoms with Crippen LogP contribution in [0, 0.1) is 0 Å². The van der Waals surface area contributed by atoms with Crippen molar-refractivity contribution in [3.63, 3.8) is 0 Å². The number of carbonyl (C=O) groups is 3. The van der Waals surface area contributed by atoms with Crippen molar-refractivity contribution in [3.05, 3.63) is 93.5 Å². The maximum absolute atomic E-state index is 13.0. The van der Waals surface area contributed by atoms with Crippen LogP contribution >= 0.6 is 23.2 Å². The van der Waals surface area contributed by atoms with Gasteiger partial charge in [0.1, 0.15) is 12.2 Å². The SMILES string of the molecule is CCOc1cc(/C=C2\C(=O)NC(=O)N(c3ccccc3)C2=O)ccc1OCc1ccc(Cl)c(Cl)c1. The van der Waals surface area contributed by atoms with Gasteiger partial charge in [0.15, 0.2) is 11.5 Å². The van der Waals surface area contributed by atoms with Crippen LogP contribution in [0.5, 0.6) is 11.5 Å². The first-order valence-corrected chi connectivity index (χ1v) is 11.4. The normalized spacial score (nSPS) is 14.8. The topological polar surface area (TPSA) is 84.9 Å². The molecule has 7 nitrogen and oxygen atoms in total. The summed E-state index contributed by atoms with van der Waals surface area (Å²) in [6, 6.07) is 17.8. The summed E-state index contributed by atoms with van der Waals surface area (Å²) < 4.78 is 11.6. The Morgan fingerprint density at radius 2 is 1.66 bits per heavy atom. The highest BCUT2D eigenvalue weighted by Crippen LogP contribution is 2.31. The number of barbiturate groups is 1. The highest BCUT2D eigenvalue weighted by Gasteiger charge is 2.36. The molecule has 0 aromatic heterocycles. The molecule has 178 valence electrons. The summed E-state index contributed by atoms with van der Waals surface area (Å²) in [6.07, 6.45) is 1.41. The highest BCUT2D eigenvalue weighted by molar-refractivity contribution is 6.42. The predicted octanol–water partition coefficient (Wildman–Crippen LogP) is 5.64. The van der Waals surface area contributed by atoms with E-state index in [4.69, 9.17) is 32.7 Å². The molecule has 1 fully saturated rings. The van der Waals surface area contributed by atoms with E-state index < -0.39 is 17.8 Å². The van der Waals surface area contributed by atoms with E-state index in [2.05, 4.69) is 5.32 Å². The fourth-order valence-electron chi connectivity index (χ4n) is 3.43. The van der Waals surface area contributed by atoms with E-state index >= 15 is 0 Å². The van der Waals surface area contributed by atoms with Crippen LogP contribution < -0.4 is 19.7 Å². The molecule has 0 saturated carbocycles. The van der Waals surface area contributed by atoms with E-state index in [1.54, 1.807) is 66.7 Å². The van der Waals surface area contributed by atoms with Crippen molar-refractivity contribution in [1.29, 1.82) is 0 Å². The smallest absolute Gasteiger partial charge is 0.335 e. The molecule has 0 spiro atoms. The Balaban J connectivity index is 1.60. The van der Waals surface area contributed by atoms with E-state index in [0.29, 0.717) is 39.4 Å². The lowest BCUT2D eigenvalue weighted by atomic mass is 10.1. The summed E-state index contributed by atoms with van der Waals surface area (Å²) >= 11 is 12.0. The van der Waals surface area contributed by atoms with Crippen molar-refractivity contribution in [2.75, 3.05) is 11.5 Å². The minimum atomic E-state index is -0.801. The van der Waals surface area contributed by atoms with Gasteiger partial charge in [0.25, 0.3) is 11.8 Å². The first-order valence-electron chi connectivity index (χ1n) is 10.7. The van der Waals surface area contributed by atoms with Crippen molar-refractivity contribution in [1.82, 2.24) is 5.32 Å². The zero-order valence-corrected chi connectivity index (χ0v) is 20.1. The molecule has 1 aliphatic heterocycles. The Bertz CT molecular complexity index is 1320. The van der Waals surface area contributed by atoms with Crippen LogP contribution in [0.1, 0.15) is 18.1 Å². The molecule has 35 heavy (non-hydrogen) atoms. The van der Waals surface area contributed by atoms with Crippen LogP contribution in [0.4, 0.5) is 10.5 Å². The quantitative estimate of drug-likeness (QED) is 0.328. The fourth-order valence-corrected chi connectivity index (χ4v) is 3.75. The van der Waals surface area contributed by atoms with Gasteiger partial charge in [-0.2, -0.15) is 0 Å². The van der Waals surface area contributed by atoms with Crippen LogP contribution in [0.3, 0.4) is 0 Å². The van der Waals surface area contributed by atoms with Gasteiger partial charge in [0.2, 0.25) is 0 Å². The highest BCUT2D eigenvalue weighted by atomic mass is 35.5. The average Bonchev–Trinajstić information content (AvgIpc) is 2.84. The molecule has 1 aliphatic rings. The average molecular weight is 511 g/mol. The van der Waals surface area contributed by atoms with Gasteiger partial charge in [0.05, 0.1) is 22.3 Å². The third-order valence-electron chi connectivity index (χ3n) is 5.07. The minimum absolute atomic E-state index is 0.180. The number of rotatable bonds is 7. The van der Waals surface area contributed by atoms with Crippen molar-refractivity contribution >= 4 is 52.8 Å². The zero-order valence-electron chi connectivity index (χ0n) is 18.6. The number of hydrogen-bond acceptors (Lipinski definition) is 5. The largest absolute Gasteiger partial charge is 0.490 e. The van der Waals surface area contributed by atoms with E-state index in [9.17, 15) is 14.4 Å². The van der Waals surface area contributed by atoms with Gasteiger partial charge in [-0.1, -0.05) is 53.5 Å². The fraction of sp³-hybridized carbons (Fsp3) is 0.115. The summed E-state index contributed by atoms with van der Waals surface area (Å²) in [7, 11) is 0. The third kappa shape index (κ3) is 5.48. The number of hydrogen-bond donors (Lipinski definition) is 1. The molecule has 0 bridgehead atoms. The van der Waals surface area contributed by atoms with Gasteiger partial charge in [-0.25, -0.2) is 9.69 Å². The molecule has 1 heterocycles. The lowest BCUT2D eigenvalue weighted by Gasteiger charge is -2.26. The van der Waals surface area contributed by atoms with Gasteiger partial charge in [-0.05, 0) is 60.5 Å². The Morgan fingerprint density at radius 1 is 0.886 bits per heavy atom. The summed E-state index contributed by atoms with van der Waals surface area (Å²) in [5.41, 5.74) is 1.52. The lowest BCUT2D eigenvalue weighted by Crippen LogP contribution is -2.54. The number of imide groups is 2. The van der Waals surface area contributed by atoms with E-state index in [0.717, 1.165) is 10.5 Å². The van der Waals surface area contributed by atoms with Crippen LogP contribution in [0.2, 0.25) is 10.0 Å². The van der Waals surface area contributed by atoms with Crippen molar-refractivity contribution in [2.24, 2.45) is 0 Å². The lowest BCUT2D eigenvalue weighted by molar-refractivity contribution is -0.122. The maximum Gasteiger partial charge on any atom is 0.335 e. The van der Waals surface area contributed by atoms with E-state index in [1.165, 1.54) is 6.08 Å². The van der Waals surface area contributed by atoms with Crippen molar-refractivity contribution in [3.8, 4) is 11.5 Å². The number of nitrogens with zero attached hydrogens (tertiary/aromatic N) is 1. The van der Waals surface area contributed by atoms with Crippen LogP contribution in [-0.2, 0) is 16.2 Å². The first kappa shape index (κ1) is 24.3. The standard InChI is InChI=1S/C26H20Cl2N2O5/c1-2-34-23-14-16(9-11-22(23)35-15-17-8-10-20(27)21(28)13-17)12-19-24(31)29-26(33)30(25(19)32)18-6-4-3-5-7-18/h3-14H,2,15H2,1H3,(H,29,31,33)/b19-12+. The maximum atomic E-state index is 13.0. The molecule has 4 amide bonds. The number of anilines is 1. The Hall–Kier alpha value is -3.81. The van der Waals surface area contributed by atoms with Gasteiger partial charge in [-0.15, -0.1) is 0 Å². The number of carbonyl (C=O) groups excluding carboxylic acids is 3. The van der Waals surface area contributed by atoms with Gasteiger partial charge in [0, 0.05) is 0 Å². The number of ether oxygens (including phenoxy) is 2. The molecule has 1 N–H and O–H groups in total. The number of amides is 4. The molecule has 0 aliphatic carbocycles. The third-order valence-corrected chi connectivity index (χ3v) is 5.81. The number of nitrogens with one attached hydrogen (secondary N) is 1. The monoisotopic (exact) mass is 510 g/mol. The van der Waals surface area contributed by atoms with E-state index in [-0.39, 0.29) is 12.2 Å². The molecule has 0 unspecified atom stereocenters. The molecule has 3 aromatic carbocycles. The molecule has 9 heteroatoms. The second kappa shape index (κ2) is 10.6. The Labute approximate surface area is 211 Å².